The number of benzene rings is 2. The minimum Gasteiger partial charge on any atom is -0.270 e. The van der Waals surface area contributed by atoms with Crippen LogP contribution >= 0.6 is 11.8 Å². The van der Waals surface area contributed by atoms with Crippen LogP contribution in [0, 0.1) is 0 Å². The second-order valence-electron chi connectivity index (χ2n) is 6.20. The van der Waals surface area contributed by atoms with Gasteiger partial charge in [-0.25, -0.2) is 0 Å². The summed E-state index contributed by atoms with van der Waals surface area (Å²) in [6.45, 7) is 0. The van der Waals surface area contributed by atoms with Crippen molar-refractivity contribution in [3.8, 4) is 17.1 Å². The van der Waals surface area contributed by atoms with Gasteiger partial charge in [0.2, 0.25) is 0 Å². The molecule has 2 aromatic heterocycles. The zero-order chi connectivity index (χ0) is 20.3. The van der Waals surface area contributed by atoms with Gasteiger partial charge in [0, 0.05) is 29.4 Å². The third kappa shape index (κ3) is 4.32. The number of hydrogen-bond acceptors (Lipinski definition) is 4. The minimum absolute atomic E-state index is 0.339. The van der Waals surface area contributed by atoms with Crippen LogP contribution in [0.25, 0.3) is 17.1 Å². The molecule has 4 aromatic rings. The maximum Gasteiger partial charge on any atom is 0.416 e. The highest BCUT2D eigenvalue weighted by Gasteiger charge is 2.30. The van der Waals surface area contributed by atoms with Crippen LogP contribution in [0.2, 0.25) is 0 Å². The van der Waals surface area contributed by atoms with Crippen molar-refractivity contribution >= 4 is 11.8 Å². The van der Waals surface area contributed by atoms with Gasteiger partial charge in [-0.15, -0.1) is 10.2 Å². The van der Waals surface area contributed by atoms with E-state index < -0.39 is 11.7 Å². The number of aromatic nitrogens is 4. The van der Waals surface area contributed by atoms with E-state index in [-0.39, 0.29) is 0 Å². The molecule has 0 unspecified atom stereocenters. The van der Waals surface area contributed by atoms with E-state index in [0.717, 1.165) is 17.3 Å². The van der Waals surface area contributed by atoms with E-state index in [2.05, 4.69) is 15.2 Å². The van der Waals surface area contributed by atoms with Crippen molar-refractivity contribution in [2.75, 3.05) is 0 Å². The molecule has 0 amide bonds. The van der Waals surface area contributed by atoms with Crippen LogP contribution in [-0.2, 0) is 11.9 Å². The lowest BCUT2D eigenvalue weighted by Crippen LogP contribution is -2.05. The number of rotatable bonds is 5. The molecule has 0 aliphatic rings. The maximum absolute atomic E-state index is 13.0. The lowest BCUT2D eigenvalue weighted by atomic mass is 10.1. The highest BCUT2D eigenvalue weighted by Crippen LogP contribution is 2.32. The molecule has 0 radical (unpaired) electrons. The molecule has 0 spiro atoms. The first-order chi connectivity index (χ1) is 14.0. The molecule has 0 aliphatic heterocycles. The Balaban J connectivity index is 1.67. The predicted octanol–water partition coefficient (Wildman–Crippen LogP) is 5.64. The Morgan fingerprint density at radius 1 is 0.862 bits per heavy atom. The van der Waals surface area contributed by atoms with Crippen LogP contribution in [0.1, 0.15) is 11.1 Å². The molecule has 0 saturated heterocycles. The first kappa shape index (κ1) is 19.2. The summed E-state index contributed by atoms with van der Waals surface area (Å²) in [6, 6.07) is 18.6. The van der Waals surface area contributed by atoms with Gasteiger partial charge >= 0.3 is 6.18 Å². The predicted molar refractivity (Wildman–Crippen MR) is 106 cm³/mol. The van der Waals surface area contributed by atoms with Gasteiger partial charge in [-0.3, -0.25) is 9.55 Å². The lowest BCUT2D eigenvalue weighted by Gasteiger charge is -2.11. The van der Waals surface area contributed by atoms with E-state index in [1.54, 1.807) is 18.5 Å². The second kappa shape index (κ2) is 8.08. The van der Waals surface area contributed by atoms with Crippen LogP contribution in [0.3, 0.4) is 0 Å². The molecule has 0 atom stereocenters. The summed E-state index contributed by atoms with van der Waals surface area (Å²) in [4.78, 5) is 4.03. The average Bonchev–Trinajstić information content (AvgIpc) is 3.17. The maximum atomic E-state index is 13.0. The van der Waals surface area contributed by atoms with Crippen LogP contribution in [0.4, 0.5) is 13.2 Å². The van der Waals surface area contributed by atoms with Gasteiger partial charge in [0.15, 0.2) is 11.0 Å². The summed E-state index contributed by atoms with van der Waals surface area (Å²) in [5.74, 6) is 0.982. The quantitative estimate of drug-likeness (QED) is 0.398. The third-order valence-corrected chi connectivity index (χ3v) is 5.21. The Kier molecular flexibility index (Phi) is 5.35. The monoisotopic (exact) mass is 412 g/mol. The molecule has 8 heteroatoms. The number of hydrogen-bond donors (Lipinski definition) is 0. The van der Waals surface area contributed by atoms with Crippen molar-refractivity contribution in [3.05, 3.63) is 90.3 Å². The van der Waals surface area contributed by atoms with Crippen molar-refractivity contribution in [1.82, 2.24) is 19.7 Å². The summed E-state index contributed by atoms with van der Waals surface area (Å²) in [7, 11) is 0. The summed E-state index contributed by atoms with van der Waals surface area (Å²) < 4.78 is 40.8. The van der Waals surface area contributed by atoms with Gasteiger partial charge < -0.3 is 0 Å². The number of alkyl halides is 3. The molecule has 29 heavy (non-hydrogen) atoms. The highest BCUT2D eigenvalue weighted by molar-refractivity contribution is 7.98. The lowest BCUT2D eigenvalue weighted by molar-refractivity contribution is -0.137. The Morgan fingerprint density at radius 3 is 2.34 bits per heavy atom. The van der Waals surface area contributed by atoms with Gasteiger partial charge in [0.1, 0.15) is 0 Å². The minimum atomic E-state index is -4.36. The van der Waals surface area contributed by atoms with Crippen molar-refractivity contribution in [1.29, 1.82) is 0 Å². The van der Waals surface area contributed by atoms with Gasteiger partial charge in [0.05, 0.1) is 5.56 Å². The fourth-order valence-electron chi connectivity index (χ4n) is 2.85. The number of pyridine rings is 1. The molecule has 4 rings (SSSR count). The Hall–Kier alpha value is -3.13. The Morgan fingerprint density at radius 2 is 1.62 bits per heavy atom. The number of nitrogens with zero attached hydrogens (tertiary/aromatic N) is 4. The van der Waals surface area contributed by atoms with Crippen LogP contribution in [0.15, 0.2) is 84.3 Å². The first-order valence-corrected chi connectivity index (χ1v) is 9.71. The zero-order valence-electron chi connectivity index (χ0n) is 15.0. The van der Waals surface area contributed by atoms with Gasteiger partial charge in [-0.1, -0.05) is 48.2 Å². The summed E-state index contributed by atoms with van der Waals surface area (Å²) in [5.41, 5.74) is 1.63. The van der Waals surface area contributed by atoms with Crippen molar-refractivity contribution in [3.63, 3.8) is 0 Å². The van der Waals surface area contributed by atoms with E-state index >= 15 is 0 Å². The molecule has 146 valence electrons. The van der Waals surface area contributed by atoms with Crippen LogP contribution < -0.4 is 0 Å². The third-order valence-electron chi connectivity index (χ3n) is 4.21. The number of thioether (sulfide) groups is 1. The second-order valence-corrected chi connectivity index (χ2v) is 7.14. The molecule has 4 nitrogen and oxygen atoms in total. The van der Waals surface area contributed by atoms with E-state index in [1.807, 2.05) is 47.0 Å². The van der Waals surface area contributed by atoms with E-state index in [9.17, 15) is 13.2 Å². The van der Waals surface area contributed by atoms with E-state index in [1.165, 1.54) is 23.9 Å². The molecule has 0 aliphatic carbocycles. The van der Waals surface area contributed by atoms with Gasteiger partial charge in [-0.05, 0) is 35.9 Å². The molecule has 2 heterocycles. The normalized spacial score (nSPS) is 11.6. The van der Waals surface area contributed by atoms with Gasteiger partial charge in [0.25, 0.3) is 0 Å². The van der Waals surface area contributed by atoms with E-state index in [4.69, 9.17) is 0 Å². The smallest absolute Gasteiger partial charge is 0.270 e. The topological polar surface area (TPSA) is 43.6 Å². The molecular weight excluding hydrogens is 397 g/mol. The molecule has 0 bridgehead atoms. The standard InChI is InChI=1S/C21H15F3N4S/c22-21(23,24)17-6-4-5-15(13-17)14-29-20-27-26-19(16-9-11-25-12-10-16)28(20)18-7-2-1-3-8-18/h1-13H,14H2. The fourth-order valence-corrected chi connectivity index (χ4v) is 3.74. The molecule has 2 aromatic carbocycles. The van der Waals surface area contributed by atoms with Gasteiger partial charge in [-0.2, -0.15) is 13.2 Å². The van der Waals surface area contributed by atoms with Crippen molar-refractivity contribution < 1.29 is 13.2 Å². The molecule has 0 saturated carbocycles. The average molecular weight is 412 g/mol. The van der Waals surface area contributed by atoms with Crippen molar-refractivity contribution in [2.45, 2.75) is 17.1 Å². The number of halogens is 3. The first-order valence-electron chi connectivity index (χ1n) is 8.72. The largest absolute Gasteiger partial charge is 0.416 e. The highest BCUT2D eigenvalue weighted by atomic mass is 32.2. The summed E-state index contributed by atoms with van der Waals surface area (Å²) >= 11 is 1.34. The molecular formula is C21H15F3N4S. The van der Waals surface area contributed by atoms with Crippen LogP contribution in [-0.4, -0.2) is 19.7 Å². The fraction of sp³-hybridized carbons (Fsp3) is 0.0952. The summed E-state index contributed by atoms with van der Waals surface area (Å²) in [6.07, 6.45) is -1.01. The Labute approximate surface area is 169 Å². The number of para-hydroxylation sites is 1. The van der Waals surface area contributed by atoms with Crippen LogP contribution in [0.5, 0.6) is 0 Å². The SMILES string of the molecule is FC(F)(F)c1cccc(CSc2nnc(-c3ccncc3)n2-c2ccccc2)c1. The molecule has 0 fully saturated rings. The van der Waals surface area contributed by atoms with Crippen molar-refractivity contribution in [2.24, 2.45) is 0 Å². The summed E-state index contributed by atoms with van der Waals surface area (Å²) in [5, 5.41) is 9.20. The molecule has 0 N–H and O–H groups in total. The van der Waals surface area contributed by atoms with E-state index in [0.29, 0.717) is 22.3 Å². The Bertz CT molecular complexity index is 1100. The zero-order valence-corrected chi connectivity index (χ0v) is 15.9.